The van der Waals surface area contributed by atoms with E-state index < -0.39 is 17.8 Å². The number of hydrogen-bond donors (Lipinski definition) is 2. The van der Waals surface area contributed by atoms with E-state index in [1.54, 1.807) is 14.2 Å². The van der Waals surface area contributed by atoms with E-state index in [0.29, 0.717) is 45.1 Å². The summed E-state index contributed by atoms with van der Waals surface area (Å²) in [6, 6.07) is 22.1. The molecule has 1 heterocycles. The van der Waals surface area contributed by atoms with Crippen LogP contribution in [0.3, 0.4) is 0 Å². The molecule has 0 radical (unpaired) electrons. The third kappa shape index (κ3) is 8.66. The van der Waals surface area contributed by atoms with Crippen LogP contribution in [0.2, 0.25) is 0 Å². The van der Waals surface area contributed by atoms with Gasteiger partial charge >= 0.3 is 6.03 Å². The molecule has 0 saturated carbocycles. The van der Waals surface area contributed by atoms with Gasteiger partial charge in [-0.05, 0) is 59.2 Å². The van der Waals surface area contributed by atoms with E-state index in [1.807, 2.05) is 72.8 Å². The smallest absolute Gasteiger partial charge is 0.328 e. The van der Waals surface area contributed by atoms with Crippen LogP contribution < -0.4 is 25.0 Å². The topological polar surface area (TPSA) is 115 Å². The lowest BCUT2D eigenvalue weighted by Gasteiger charge is -2.25. The Hall–Kier alpha value is -4.67. The summed E-state index contributed by atoms with van der Waals surface area (Å²) in [6.07, 6.45) is 1.45. The number of nitrogens with one attached hydrogen (secondary N) is 2. The van der Waals surface area contributed by atoms with Crippen LogP contribution in [-0.4, -0.2) is 58.4 Å². The van der Waals surface area contributed by atoms with Crippen molar-refractivity contribution in [1.82, 2.24) is 10.6 Å². The number of rotatable bonds is 14. The molecule has 0 atom stereocenters. The fraction of sp³-hybridized carbons (Fsp3) is 0.258. The zero-order valence-electron chi connectivity index (χ0n) is 23.1. The zero-order valence-corrected chi connectivity index (χ0v) is 23.1. The summed E-state index contributed by atoms with van der Waals surface area (Å²) in [6.45, 7) is 3.18. The minimum absolute atomic E-state index is 0.131. The molecule has 41 heavy (non-hydrogen) atoms. The molecular weight excluding hydrogens is 526 g/mol. The van der Waals surface area contributed by atoms with Gasteiger partial charge in [-0.25, -0.2) is 4.79 Å². The van der Waals surface area contributed by atoms with Gasteiger partial charge in [-0.2, -0.15) is 0 Å². The van der Waals surface area contributed by atoms with Crippen LogP contribution in [0.1, 0.15) is 16.7 Å². The Morgan fingerprint density at radius 1 is 0.659 bits per heavy atom. The Balaban J connectivity index is 1.37. The van der Waals surface area contributed by atoms with Crippen molar-refractivity contribution in [3.8, 4) is 11.5 Å². The lowest BCUT2D eigenvalue weighted by molar-refractivity contribution is -0.123. The lowest BCUT2D eigenvalue weighted by Crippen LogP contribution is -2.51. The number of hydrogen-bond acceptors (Lipinski definition) is 8. The van der Waals surface area contributed by atoms with Crippen LogP contribution in [0, 0.1) is 0 Å². The van der Waals surface area contributed by atoms with Gasteiger partial charge in [0.25, 0.3) is 11.8 Å². The highest BCUT2D eigenvalue weighted by Crippen LogP contribution is 2.19. The van der Waals surface area contributed by atoms with Crippen molar-refractivity contribution in [2.75, 3.05) is 45.4 Å². The van der Waals surface area contributed by atoms with Crippen molar-refractivity contribution in [3.63, 3.8) is 0 Å². The van der Waals surface area contributed by atoms with Gasteiger partial charge < -0.3 is 23.8 Å². The Labute approximate surface area is 238 Å². The first-order valence-electron chi connectivity index (χ1n) is 13.1. The van der Waals surface area contributed by atoms with Crippen molar-refractivity contribution >= 4 is 29.6 Å². The maximum absolute atomic E-state index is 12.0. The molecule has 214 valence electrons. The van der Waals surface area contributed by atoms with Crippen LogP contribution >= 0.6 is 0 Å². The lowest BCUT2D eigenvalue weighted by atomic mass is 10.1. The number of carbonyl (C=O) groups excluding carboxylic acids is 3. The maximum Gasteiger partial charge on any atom is 0.328 e. The molecule has 0 spiro atoms. The van der Waals surface area contributed by atoms with Crippen LogP contribution in [0.25, 0.3) is 6.08 Å². The van der Waals surface area contributed by atoms with Crippen LogP contribution in [0.4, 0.5) is 10.5 Å². The van der Waals surface area contributed by atoms with Gasteiger partial charge in [0.05, 0.1) is 40.6 Å². The number of ether oxygens (including phenoxy) is 4. The third-order valence-electron chi connectivity index (χ3n) is 6.38. The molecule has 1 aliphatic heterocycles. The summed E-state index contributed by atoms with van der Waals surface area (Å²) in [5.74, 6) is 0.138. The van der Waals surface area contributed by atoms with E-state index >= 15 is 0 Å². The number of amides is 4. The number of urea groups is 1. The van der Waals surface area contributed by atoms with Crippen LogP contribution in [0.5, 0.6) is 11.5 Å². The van der Waals surface area contributed by atoms with Crippen molar-refractivity contribution < 1.29 is 33.3 Å². The fourth-order valence-corrected chi connectivity index (χ4v) is 4.10. The van der Waals surface area contributed by atoms with Gasteiger partial charge in [-0.1, -0.05) is 36.4 Å². The monoisotopic (exact) mass is 559 g/mol. The van der Waals surface area contributed by atoms with E-state index in [1.165, 1.54) is 6.08 Å². The second kappa shape index (κ2) is 14.6. The number of imide groups is 2. The molecule has 3 aromatic carbocycles. The molecule has 0 unspecified atom stereocenters. The highest BCUT2D eigenvalue weighted by Gasteiger charge is 2.27. The first-order valence-corrected chi connectivity index (χ1v) is 13.1. The molecule has 1 aliphatic rings. The SMILES string of the molecule is COc1ccc(COCCN(CCOCc2ccc(OC)cc2)c2ccc(C=C3C(=O)NC(=O)NC3=O)cc2)cc1. The number of carbonyl (C=O) groups is 3. The van der Waals surface area contributed by atoms with E-state index in [-0.39, 0.29) is 5.57 Å². The van der Waals surface area contributed by atoms with E-state index in [0.717, 1.165) is 28.3 Å². The molecule has 3 aromatic rings. The summed E-state index contributed by atoms with van der Waals surface area (Å²) in [5.41, 5.74) is 3.55. The number of methoxy groups -OCH3 is 2. The zero-order chi connectivity index (χ0) is 29.0. The Morgan fingerprint density at radius 2 is 1.12 bits per heavy atom. The normalized spacial score (nSPS) is 12.9. The van der Waals surface area contributed by atoms with Gasteiger partial charge in [0.2, 0.25) is 0 Å². The quantitative estimate of drug-likeness (QED) is 0.175. The minimum atomic E-state index is -0.827. The number of benzene rings is 3. The molecule has 4 amide bonds. The predicted molar refractivity (Wildman–Crippen MR) is 154 cm³/mol. The van der Waals surface area contributed by atoms with Crippen LogP contribution in [-0.2, 0) is 32.3 Å². The largest absolute Gasteiger partial charge is 0.497 e. The maximum atomic E-state index is 12.0. The van der Waals surface area contributed by atoms with E-state index in [2.05, 4.69) is 15.5 Å². The summed E-state index contributed by atoms with van der Waals surface area (Å²) in [4.78, 5) is 37.5. The molecule has 0 aromatic heterocycles. The number of anilines is 1. The van der Waals surface area contributed by atoms with Crippen molar-refractivity contribution in [2.24, 2.45) is 0 Å². The van der Waals surface area contributed by atoms with Crippen molar-refractivity contribution in [3.05, 3.63) is 95.1 Å². The standard InChI is InChI=1S/C31H33N3O7/c1-38-26-11-5-23(6-12-26)20-40-17-15-34(16-18-41-21-24-7-13-27(39-2)14-8-24)25-9-3-22(4-10-25)19-28-29(35)32-31(37)33-30(28)36/h3-14,19H,15-18,20-21H2,1-2H3,(H2,32,33,35,36,37). The van der Waals surface area contributed by atoms with Gasteiger partial charge in [0, 0.05) is 18.8 Å². The van der Waals surface area contributed by atoms with Crippen LogP contribution in [0.15, 0.2) is 78.4 Å². The van der Waals surface area contributed by atoms with Gasteiger partial charge in [0.1, 0.15) is 17.1 Å². The molecule has 0 bridgehead atoms. The van der Waals surface area contributed by atoms with Gasteiger partial charge in [-0.3, -0.25) is 20.2 Å². The minimum Gasteiger partial charge on any atom is -0.497 e. The van der Waals surface area contributed by atoms with Crippen molar-refractivity contribution in [2.45, 2.75) is 13.2 Å². The molecule has 0 aliphatic carbocycles. The molecule has 1 saturated heterocycles. The second-order valence-electron chi connectivity index (χ2n) is 9.18. The van der Waals surface area contributed by atoms with Gasteiger partial charge in [-0.15, -0.1) is 0 Å². The highest BCUT2D eigenvalue weighted by molar-refractivity contribution is 6.31. The molecule has 1 fully saturated rings. The predicted octanol–water partition coefficient (Wildman–Crippen LogP) is 3.69. The summed E-state index contributed by atoms with van der Waals surface area (Å²) in [5, 5.41) is 4.15. The molecule has 10 heteroatoms. The third-order valence-corrected chi connectivity index (χ3v) is 6.38. The summed E-state index contributed by atoms with van der Waals surface area (Å²) < 4.78 is 22.3. The first-order chi connectivity index (χ1) is 19.9. The first kappa shape index (κ1) is 29.3. The van der Waals surface area contributed by atoms with E-state index in [4.69, 9.17) is 18.9 Å². The Kier molecular flexibility index (Phi) is 10.5. The molecule has 4 rings (SSSR count). The summed E-state index contributed by atoms with van der Waals surface area (Å²) in [7, 11) is 3.27. The molecule has 10 nitrogen and oxygen atoms in total. The second-order valence-corrected chi connectivity index (χ2v) is 9.18. The number of barbiturate groups is 1. The van der Waals surface area contributed by atoms with Gasteiger partial charge in [0.15, 0.2) is 0 Å². The molecular formula is C31H33N3O7. The Bertz CT molecular complexity index is 1280. The highest BCUT2D eigenvalue weighted by atomic mass is 16.5. The van der Waals surface area contributed by atoms with E-state index in [9.17, 15) is 14.4 Å². The number of nitrogens with zero attached hydrogens (tertiary/aromatic N) is 1. The summed E-state index contributed by atoms with van der Waals surface area (Å²) >= 11 is 0. The fourth-order valence-electron chi connectivity index (χ4n) is 4.10. The van der Waals surface area contributed by atoms with Crippen molar-refractivity contribution in [1.29, 1.82) is 0 Å². The average molecular weight is 560 g/mol. The molecule has 2 N–H and O–H groups in total. The average Bonchev–Trinajstić information content (AvgIpc) is 2.99. The Morgan fingerprint density at radius 3 is 1.56 bits per heavy atom.